The quantitative estimate of drug-likeness (QED) is 0.747. The smallest absolute Gasteiger partial charge is 0.123 e. The zero-order valence-electron chi connectivity index (χ0n) is 8.05. The van der Waals surface area contributed by atoms with E-state index in [1.54, 1.807) is 0 Å². The van der Waals surface area contributed by atoms with Crippen LogP contribution in [0.25, 0.3) is 0 Å². The highest BCUT2D eigenvalue weighted by Crippen LogP contribution is 2.12. The Morgan fingerprint density at radius 1 is 1.14 bits per heavy atom. The average molecular weight is 189 g/mol. The molecule has 1 nitrogen and oxygen atoms in total. The molecule has 1 N–H and O–H groups in total. The molecule has 0 radical (unpaired) electrons. The van der Waals surface area contributed by atoms with Crippen molar-refractivity contribution < 1.29 is 4.39 Å². The second kappa shape index (κ2) is 3.66. The van der Waals surface area contributed by atoms with Crippen molar-refractivity contribution in [3.8, 4) is 0 Å². The largest absolute Gasteiger partial charge is 0.365 e. The van der Waals surface area contributed by atoms with E-state index < -0.39 is 0 Å². The van der Waals surface area contributed by atoms with E-state index in [1.807, 2.05) is 25.3 Å². The van der Waals surface area contributed by atoms with Gasteiger partial charge in [-0.3, -0.25) is 0 Å². The number of aryl methyl sites for hydroxylation is 1. The molecule has 0 saturated carbocycles. The van der Waals surface area contributed by atoms with E-state index in [0.29, 0.717) is 0 Å². The van der Waals surface area contributed by atoms with Crippen molar-refractivity contribution >= 4 is 0 Å². The molecule has 0 aliphatic carbocycles. The first kappa shape index (κ1) is 9.00. The van der Waals surface area contributed by atoms with Gasteiger partial charge in [-0.15, -0.1) is 0 Å². The first-order valence-electron chi connectivity index (χ1n) is 4.63. The van der Waals surface area contributed by atoms with E-state index in [0.717, 1.165) is 12.0 Å². The number of benzene rings is 1. The average Bonchev–Trinajstić information content (AvgIpc) is 2.56. The van der Waals surface area contributed by atoms with Crippen LogP contribution in [0.5, 0.6) is 0 Å². The summed E-state index contributed by atoms with van der Waals surface area (Å²) in [6.07, 6.45) is 2.78. The Morgan fingerprint density at radius 3 is 2.43 bits per heavy atom. The van der Waals surface area contributed by atoms with Crippen molar-refractivity contribution in [1.29, 1.82) is 0 Å². The van der Waals surface area contributed by atoms with E-state index in [-0.39, 0.29) is 5.82 Å². The van der Waals surface area contributed by atoms with Gasteiger partial charge in [-0.1, -0.05) is 12.1 Å². The van der Waals surface area contributed by atoms with Crippen molar-refractivity contribution in [2.75, 3.05) is 0 Å². The number of hydrogen-bond donors (Lipinski definition) is 1. The Balaban J connectivity index is 2.19. The number of halogens is 1. The van der Waals surface area contributed by atoms with Gasteiger partial charge in [-0.25, -0.2) is 4.39 Å². The van der Waals surface area contributed by atoms with Crippen LogP contribution in [0.1, 0.15) is 16.8 Å². The van der Waals surface area contributed by atoms with Crippen LogP contribution >= 0.6 is 0 Å². The highest BCUT2D eigenvalue weighted by atomic mass is 19.1. The van der Waals surface area contributed by atoms with Crippen LogP contribution in [-0.2, 0) is 6.42 Å². The minimum Gasteiger partial charge on any atom is -0.365 e. The number of hydrogen-bond acceptors (Lipinski definition) is 0. The molecule has 2 heteroatoms. The van der Waals surface area contributed by atoms with Crippen molar-refractivity contribution in [3.63, 3.8) is 0 Å². The van der Waals surface area contributed by atoms with Crippen LogP contribution in [0.3, 0.4) is 0 Å². The van der Waals surface area contributed by atoms with Gasteiger partial charge in [0.05, 0.1) is 0 Å². The predicted molar refractivity (Wildman–Crippen MR) is 54.7 cm³/mol. The van der Waals surface area contributed by atoms with Gasteiger partial charge in [-0.2, -0.15) is 0 Å². The summed E-state index contributed by atoms with van der Waals surface area (Å²) in [6, 6.07) is 8.69. The van der Waals surface area contributed by atoms with Crippen molar-refractivity contribution in [3.05, 3.63) is 59.2 Å². The molecule has 1 aromatic carbocycles. The summed E-state index contributed by atoms with van der Waals surface area (Å²) in [4.78, 5) is 3.13. The summed E-state index contributed by atoms with van der Waals surface area (Å²) in [5, 5.41) is 0. The normalized spacial score (nSPS) is 10.4. The van der Waals surface area contributed by atoms with E-state index >= 15 is 0 Å². The maximum Gasteiger partial charge on any atom is 0.123 e. The SMILES string of the molecule is Cc1[nH]ccc1Cc1ccc(F)cc1. The Labute approximate surface area is 82.6 Å². The number of H-pyrrole nitrogens is 1. The van der Waals surface area contributed by atoms with Gasteiger partial charge in [0, 0.05) is 11.9 Å². The number of aromatic nitrogens is 1. The monoisotopic (exact) mass is 189 g/mol. The summed E-state index contributed by atoms with van der Waals surface area (Å²) < 4.78 is 12.6. The van der Waals surface area contributed by atoms with E-state index in [9.17, 15) is 4.39 Å². The molecule has 0 atom stereocenters. The third-order valence-corrected chi connectivity index (χ3v) is 2.37. The molecule has 0 aliphatic rings. The second-order valence-electron chi connectivity index (χ2n) is 3.43. The van der Waals surface area contributed by atoms with Gasteiger partial charge in [0.25, 0.3) is 0 Å². The zero-order chi connectivity index (χ0) is 9.97. The lowest BCUT2D eigenvalue weighted by Crippen LogP contribution is -1.88. The van der Waals surface area contributed by atoms with Crippen LogP contribution in [0, 0.1) is 12.7 Å². The maximum atomic E-state index is 12.6. The standard InChI is InChI=1S/C12H12FN/c1-9-11(6-7-14-9)8-10-2-4-12(13)5-3-10/h2-7,14H,8H2,1H3. The van der Waals surface area contributed by atoms with Gasteiger partial charge >= 0.3 is 0 Å². The van der Waals surface area contributed by atoms with Gasteiger partial charge < -0.3 is 4.98 Å². The third kappa shape index (κ3) is 1.84. The molecule has 0 saturated heterocycles. The van der Waals surface area contributed by atoms with Gasteiger partial charge in [0.15, 0.2) is 0 Å². The molecule has 0 bridgehead atoms. The lowest BCUT2D eigenvalue weighted by atomic mass is 10.1. The predicted octanol–water partition coefficient (Wildman–Crippen LogP) is 3.05. The fourth-order valence-corrected chi connectivity index (χ4v) is 1.50. The third-order valence-electron chi connectivity index (χ3n) is 2.37. The van der Waals surface area contributed by atoms with Crippen LogP contribution in [-0.4, -0.2) is 4.98 Å². The maximum absolute atomic E-state index is 12.6. The fraction of sp³-hybridized carbons (Fsp3) is 0.167. The molecule has 72 valence electrons. The molecular weight excluding hydrogens is 177 g/mol. The summed E-state index contributed by atoms with van der Waals surface area (Å²) >= 11 is 0. The summed E-state index contributed by atoms with van der Waals surface area (Å²) in [5.74, 6) is -0.181. The molecule has 2 rings (SSSR count). The number of nitrogens with one attached hydrogen (secondary N) is 1. The second-order valence-corrected chi connectivity index (χ2v) is 3.43. The van der Waals surface area contributed by atoms with Crippen molar-refractivity contribution in [2.45, 2.75) is 13.3 Å². The highest BCUT2D eigenvalue weighted by Gasteiger charge is 2.00. The molecule has 0 spiro atoms. The Bertz CT molecular complexity index is 414. The highest BCUT2D eigenvalue weighted by molar-refractivity contribution is 5.28. The van der Waals surface area contributed by atoms with E-state index in [2.05, 4.69) is 11.1 Å². The first-order valence-corrected chi connectivity index (χ1v) is 4.63. The lowest BCUT2D eigenvalue weighted by molar-refractivity contribution is 0.627. The molecule has 1 aromatic heterocycles. The minimum atomic E-state index is -0.181. The molecule has 0 aliphatic heterocycles. The molecule has 2 aromatic rings. The summed E-state index contributed by atoms with van der Waals surface area (Å²) in [7, 11) is 0. The van der Waals surface area contributed by atoms with Gasteiger partial charge in [-0.05, 0) is 42.7 Å². The Morgan fingerprint density at radius 2 is 1.86 bits per heavy atom. The van der Waals surface area contributed by atoms with E-state index in [4.69, 9.17) is 0 Å². The molecule has 14 heavy (non-hydrogen) atoms. The van der Waals surface area contributed by atoms with Crippen LogP contribution < -0.4 is 0 Å². The first-order chi connectivity index (χ1) is 6.75. The van der Waals surface area contributed by atoms with Crippen LogP contribution in [0.2, 0.25) is 0 Å². The topological polar surface area (TPSA) is 15.8 Å². The Hall–Kier alpha value is -1.57. The summed E-state index contributed by atoms with van der Waals surface area (Å²) in [6.45, 7) is 2.04. The Kier molecular flexibility index (Phi) is 2.35. The fourth-order valence-electron chi connectivity index (χ4n) is 1.50. The van der Waals surface area contributed by atoms with Crippen LogP contribution in [0.15, 0.2) is 36.5 Å². The lowest BCUT2D eigenvalue weighted by Gasteiger charge is -2.00. The van der Waals surface area contributed by atoms with Crippen LogP contribution in [0.4, 0.5) is 4.39 Å². The van der Waals surface area contributed by atoms with Crippen molar-refractivity contribution in [2.24, 2.45) is 0 Å². The molecule has 0 amide bonds. The van der Waals surface area contributed by atoms with Crippen molar-refractivity contribution in [1.82, 2.24) is 4.98 Å². The van der Waals surface area contributed by atoms with E-state index in [1.165, 1.54) is 23.4 Å². The van der Waals surface area contributed by atoms with Gasteiger partial charge in [0.2, 0.25) is 0 Å². The summed E-state index contributed by atoms with van der Waals surface area (Å²) in [5.41, 5.74) is 3.57. The van der Waals surface area contributed by atoms with Gasteiger partial charge in [0.1, 0.15) is 5.82 Å². The molecule has 0 unspecified atom stereocenters. The molecule has 1 heterocycles. The molecule has 0 fully saturated rings. The number of aromatic amines is 1. The molecular formula is C12H12FN. The number of rotatable bonds is 2. The zero-order valence-corrected chi connectivity index (χ0v) is 8.05. The minimum absolute atomic E-state index is 0.181.